The zero-order valence-electron chi connectivity index (χ0n) is 9.70. The molecule has 0 saturated carbocycles. The summed E-state index contributed by atoms with van der Waals surface area (Å²) in [4.78, 5) is 16.0. The van der Waals surface area contributed by atoms with E-state index in [4.69, 9.17) is 11.6 Å². The van der Waals surface area contributed by atoms with E-state index in [-0.39, 0.29) is 5.91 Å². The number of rotatable bonds is 4. The normalized spacial score (nSPS) is 10.1. The van der Waals surface area contributed by atoms with E-state index >= 15 is 0 Å². The van der Waals surface area contributed by atoms with Crippen LogP contribution in [0.2, 0.25) is 5.02 Å². The number of nitrogens with one attached hydrogen (secondary N) is 3. The van der Waals surface area contributed by atoms with Crippen LogP contribution in [0.15, 0.2) is 24.7 Å². The number of aromatic nitrogens is 3. The van der Waals surface area contributed by atoms with Crippen molar-refractivity contribution in [1.82, 2.24) is 20.5 Å². The Morgan fingerprint density at radius 2 is 2.33 bits per heavy atom. The number of carbonyl (C=O) groups is 1. The summed E-state index contributed by atoms with van der Waals surface area (Å²) in [6.07, 6.45) is 4.81. The molecule has 0 aromatic carbocycles. The van der Waals surface area contributed by atoms with Crippen molar-refractivity contribution in [1.29, 1.82) is 0 Å². The maximum atomic E-state index is 11.9. The van der Waals surface area contributed by atoms with Gasteiger partial charge in [0.15, 0.2) is 0 Å². The highest BCUT2D eigenvalue weighted by Gasteiger charge is 2.11. The number of pyridine rings is 1. The van der Waals surface area contributed by atoms with Crippen molar-refractivity contribution >= 4 is 23.3 Å². The van der Waals surface area contributed by atoms with Gasteiger partial charge in [0.2, 0.25) is 0 Å². The maximum absolute atomic E-state index is 11.9. The molecule has 6 nitrogen and oxygen atoms in total. The Balaban J connectivity index is 2.08. The van der Waals surface area contributed by atoms with E-state index in [1.165, 1.54) is 6.20 Å². The zero-order chi connectivity index (χ0) is 13.0. The van der Waals surface area contributed by atoms with Crippen molar-refractivity contribution in [3.63, 3.8) is 0 Å². The molecule has 2 aromatic rings. The molecule has 0 fully saturated rings. The van der Waals surface area contributed by atoms with Crippen LogP contribution >= 0.6 is 11.6 Å². The van der Waals surface area contributed by atoms with Gasteiger partial charge in [-0.25, -0.2) is 4.98 Å². The average Bonchev–Trinajstić information content (AvgIpc) is 2.89. The van der Waals surface area contributed by atoms with Gasteiger partial charge in [-0.15, -0.1) is 0 Å². The second kappa shape index (κ2) is 5.50. The summed E-state index contributed by atoms with van der Waals surface area (Å²) in [7, 11) is 1.73. The van der Waals surface area contributed by atoms with Crippen LogP contribution < -0.4 is 10.6 Å². The van der Waals surface area contributed by atoms with E-state index in [1.54, 1.807) is 25.5 Å². The number of H-pyrrole nitrogens is 1. The van der Waals surface area contributed by atoms with Crippen LogP contribution in [-0.4, -0.2) is 28.1 Å². The molecule has 18 heavy (non-hydrogen) atoms. The van der Waals surface area contributed by atoms with Crippen LogP contribution in [0, 0.1) is 0 Å². The Kier molecular flexibility index (Phi) is 3.78. The molecule has 2 heterocycles. The Bertz CT molecular complexity index is 540. The molecule has 94 valence electrons. The zero-order valence-corrected chi connectivity index (χ0v) is 10.5. The fourth-order valence-electron chi connectivity index (χ4n) is 1.40. The maximum Gasteiger partial charge on any atom is 0.253 e. The molecule has 0 atom stereocenters. The second-order valence-corrected chi connectivity index (χ2v) is 4.00. The topological polar surface area (TPSA) is 82.7 Å². The molecule has 2 rings (SSSR count). The van der Waals surface area contributed by atoms with Gasteiger partial charge in [-0.1, -0.05) is 11.6 Å². The van der Waals surface area contributed by atoms with Crippen LogP contribution in [0.4, 0.5) is 5.82 Å². The van der Waals surface area contributed by atoms with Crippen LogP contribution in [-0.2, 0) is 6.54 Å². The molecule has 0 aliphatic heterocycles. The number of nitrogens with zero attached hydrogens (tertiary/aromatic N) is 2. The molecule has 0 spiro atoms. The molecular weight excluding hydrogens is 254 g/mol. The summed E-state index contributed by atoms with van der Waals surface area (Å²) in [6.45, 7) is 0.392. The van der Waals surface area contributed by atoms with E-state index in [1.807, 2.05) is 0 Å². The van der Waals surface area contributed by atoms with Crippen molar-refractivity contribution in [2.45, 2.75) is 6.54 Å². The lowest BCUT2D eigenvalue weighted by molar-refractivity contribution is 0.0951. The molecule has 7 heteroatoms. The highest BCUT2D eigenvalue weighted by atomic mass is 35.5. The Hall–Kier alpha value is -2.08. The van der Waals surface area contributed by atoms with Gasteiger partial charge in [0.1, 0.15) is 5.82 Å². The highest BCUT2D eigenvalue weighted by Crippen LogP contribution is 2.17. The van der Waals surface area contributed by atoms with Gasteiger partial charge < -0.3 is 10.6 Å². The largest absolute Gasteiger partial charge is 0.373 e. The molecule has 2 aromatic heterocycles. The summed E-state index contributed by atoms with van der Waals surface area (Å²) in [5, 5.41) is 12.4. The Labute approximate surface area is 109 Å². The quantitative estimate of drug-likeness (QED) is 0.781. The number of halogens is 1. The lowest BCUT2D eigenvalue weighted by Crippen LogP contribution is -2.23. The van der Waals surface area contributed by atoms with E-state index in [0.29, 0.717) is 22.9 Å². The lowest BCUT2D eigenvalue weighted by Gasteiger charge is -2.07. The summed E-state index contributed by atoms with van der Waals surface area (Å²) in [6, 6.07) is 1.60. The third kappa shape index (κ3) is 2.78. The first-order valence-electron chi connectivity index (χ1n) is 5.30. The number of hydrogen-bond donors (Lipinski definition) is 3. The minimum absolute atomic E-state index is 0.250. The van der Waals surface area contributed by atoms with Crippen LogP contribution in [0.5, 0.6) is 0 Å². The van der Waals surface area contributed by atoms with Gasteiger partial charge in [0.05, 0.1) is 16.8 Å². The van der Waals surface area contributed by atoms with Crippen LogP contribution in [0.25, 0.3) is 0 Å². The van der Waals surface area contributed by atoms with Gasteiger partial charge in [-0.3, -0.25) is 9.89 Å². The predicted octanol–water partition coefficient (Wildman–Crippen LogP) is 1.43. The smallest absolute Gasteiger partial charge is 0.253 e. The molecule has 0 aliphatic rings. The number of aromatic amines is 1. The Morgan fingerprint density at radius 3 is 3.00 bits per heavy atom. The SMILES string of the molecule is CNc1cc(C(=O)NCc2cn[nH]c2)c(Cl)cn1. The Morgan fingerprint density at radius 1 is 1.50 bits per heavy atom. The van der Waals surface area contributed by atoms with E-state index in [2.05, 4.69) is 25.8 Å². The average molecular weight is 266 g/mol. The first kappa shape index (κ1) is 12.4. The van der Waals surface area contributed by atoms with Gasteiger partial charge in [0, 0.05) is 31.5 Å². The monoisotopic (exact) mass is 265 g/mol. The minimum atomic E-state index is -0.250. The van der Waals surface area contributed by atoms with Crippen molar-refractivity contribution in [3.8, 4) is 0 Å². The van der Waals surface area contributed by atoms with E-state index in [9.17, 15) is 4.79 Å². The fraction of sp³-hybridized carbons (Fsp3) is 0.182. The third-order valence-electron chi connectivity index (χ3n) is 2.36. The fourth-order valence-corrected chi connectivity index (χ4v) is 1.59. The standard InChI is InChI=1S/C11H12ClN5O/c1-13-10-2-8(9(12)6-14-10)11(18)15-3-7-4-16-17-5-7/h2,4-6H,3H2,1H3,(H,13,14)(H,15,18)(H,16,17). The van der Waals surface area contributed by atoms with Crippen LogP contribution in [0.3, 0.4) is 0 Å². The van der Waals surface area contributed by atoms with Gasteiger partial charge in [0.25, 0.3) is 5.91 Å². The van der Waals surface area contributed by atoms with Gasteiger partial charge >= 0.3 is 0 Å². The molecule has 0 radical (unpaired) electrons. The number of amides is 1. The first-order chi connectivity index (χ1) is 8.70. The molecule has 0 saturated heterocycles. The van der Waals surface area contributed by atoms with E-state index in [0.717, 1.165) is 5.56 Å². The summed E-state index contributed by atoms with van der Waals surface area (Å²) in [5.41, 5.74) is 1.28. The summed E-state index contributed by atoms with van der Waals surface area (Å²) >= 11 is 5.94. The minimum Gasteiger partial charge on any atom is -0.373 e. The number of carbonyl (C=O) groups excluding carboxylic acids is 1. The molecule has 0 aliphatic carbocycles. The number of anilines is 1. The molecular formula is C11H12ClN5O. The van der Waals surface area contributed by atoms with Crippen molar-refractivity contribution in [3.05, 3.63) is 40.8 Å². The highest BCUT2D eigenvalue weighted by molar-refractivity contribution is 6.33. The third-order valence-corrected chi connectivity index (χ3v) is 2.67. The van der Waals surface area contributed by atoms with Gasteiger partial charge in [-0.05, 0) is 6.07 Å². The first-order valence-corrected chi connectivity index (χ1v) is 5.67. The van der Waals surface area contributed by atoms with Crippen LogP contribution in [0.1, 0.15) is 15.9 Å². The molecule has 0 bridgehead atoms. The van der Waals surface area contributed by atoms with E-state index < -0.39 is 0 Å². The lowest BCUT2D eigenvalue weighted by atomic mass is 10.2. The predicted molar refractivity (Wildman–Crippen MR) is 68.6 cm³/mol. The summed E-state index contributed by atoms with van der Waals surface area (Å²) in [5.74, 6) is 0.341. The second-order valence-electron chi connectivity index (χ2n) is 3.59. The molecule has 1 amide bonds. The van der Waals surface area contributed by atoms with Crippen molar-refractivity contribution < 1.29 is 4.79 Å². The molecule has 0 unspecified atom stereocenters. The molecule has 3 N–H and O–H groups in total. The number of hydrogen-bond acceptors (Lipinski definition) is 4. The van der Waals surface area contributed by atoms with Crippen molar-refractivity contribution in [2.75, 3.05) is 12.4 Å². The summed E-state index contributed by atoms with van der Waals surface area (Å²) < 4.78 is 0. The van der Waals surface area contributed by atoms with Crippen molar-refractivity contribution in [2.24, 2.45) is 0 Å². The van der Waals surface area contributed by atoms with Gasteiger partial charge in [-0.2, -0.15) is 5.10 Å².